The van der Waals surface area contributed by atoms with Gasteiger partial charge in [0.2, 0.25) is 0 Å². The van der Waals surface area contributed by atoms with E-state index < -0.39 is 0 Å². The topological polar surface area (TPSA) is 64.9 Å². The Morgan fingerprint density at radius 2 is 2.33 bits per heavy atom. The monoisotopic (exact) mass is 183 g/mol. The SMILES string of the molecule is C=C[C@@H](N)c1cc(Cl)cnc1N. The van der Waals surface area contributed by atoms with Crippen LogP contribution in [-0.2, 0) is 0 Å². The van der Waals surface area contributed by atoms with Crippen LogP contribution in [0.4, 0.5) is 5.82 Å². The first kappa shape index (κ1) is 9.03. The van der Waals surface area contributed by atoms with Gasteiger partial charge in [-0.25, -0.2) is 4.98 Å². The predicted octanol–water partition coefficient (Wildman–Crippen LogP) is 1.50. The number of rotatable bonds is 2. The number of hydrogen-bond acceptors (Lipinski definition) is 3. The highest BCUT2D eigenvalue weighted by atomic mass is 35.5. The van der Waals surface area contributed by atoms with Crippen molar-refractivity contribution in [3.63, 3.8) is 0 Å². The lowest BCUT2D eigenvalue weighted by atomic mass is 10.1. The minimum absolute atomic E-state index is 0.309. The Kier molecular flexibility index (Phi) is 2.68. The lowest BCUT2D eigenvalue weighted by molar-refractivity contribution is 0.909. The summed E-state index contributed by atoms with van der Waals surface area (Å²) in [4.78, 5) is 3.87. The summed E-state index contributed by atoms with van der Waals surface area (Å²) in [5.74, 6) is 0.395. The molecule has 4 N–H and O–H groups in total. The van der Waals surface area contributed by atoms with Gasteiger partial charge in [0.05, 0.1) is 11.1 Å². The molecule has 0 spiro atoms. The van der Waals surface area contributed by atoms with Crippen LogP contribution in [0.3, 0.4) is 0 Å². The van der Waals surface area contributed by atoms with E-state index in [1.54, 1.807) is 12.1 Å². The molecule has 1 atom stereocenters. The molecule has 0 saturated heterocycles. The van der Waals surface area contributed by atoms with Gasteiger partial charge in [-0.2, -0.15) is 0 Å². The fourth-order valence-electron chi connectivity index (χ4n) is 0.859. The molecule has 1 rings (SSSR count). The molecule has 64 valence electrons. The average Bonchev–Trinajstić information content (AvgIpc) is 2.08. The summed E-state index contributed by atoms with van der Waals surface area (Å²) in [7, 11) is 0. The van der Waals surface area contributed by atoms with E-state index in [1.807, 2.05) is 0 Å². The first-order valence-corrected chi connectivity index (χ1v) is 3.82. The van der Waals surface area contributed by atoms with Gasteiger partial charge in [-0.15, -0.1) is 6.58 Å². The summed E-state index contributed by atoms with van der Waals surface area (Å²) < 4.78 is 0. The second-order valence-electron chi connectivity index (χ2n) is 2.39. The van der Waals surface area contributed by atoms with Crippen molar-refractivity contribution >= 4 is 17.4 Å². The Morgan fingerprint density at radius 1 is 1.67 bits per heavy atom. The number of aromatic nitrogens is 1. The van der Waals surface area contributed by atoms with Crippen molar-refractivity contribution in [2.75, 3.05) is 5.73 Å². The zero-order chi connectivity index (χ0) is 9.14. The van der Waals surface area contributed by atoms with E-state index in [0.29, 0.717) is 16.4 Å². The van der Waals surface area contributed by atoms with Crippen LogP contribution in [-0.4, -0.2) is 4.98 Å². The van der Waals surface area contributed by atoms with E-state index in [1.165, 1.54) is 6.20 Å². The van der Waals surface area contributed by atoms with Crippen molar-refractivity contribution < 1.29 is 0 Å². The number of pyridine rings is 1. The zero-order valence-electron chi connectivity index (χ0n) is 6.50. The molecule has 0 bridgehead atoms. The normalized spacial score (nSPS) is 12.5. The van der Waals surface area contributed by atoms with Crippen LogP contribution < -0.4 is 11.5 Å². The molecule has 0 aromatic carbocycles. The lowest BCUT2D eigenvalue weighted by Crippen LogP contribution is -2.10. The molecule has 0 fully saturated rings. The van der Waals surface area contributed by atoms with Crippen LogP contribution in [0.2, 0.25) is 5.02 Å². The third-order valence-corrected chi connectivity index (χ3v) is 1.74. The molecule has 12 heavy (non-hydrogen) atoms. The van der Waals surface area contributed by atoms with Gasteiger partial charge in [0, 0.05) is 11.8 Å². The smallest absolute Gasteiger partial charge is 0.128 e. The number of nitrogens with zero attached hydrogens (tertiary/aromatic N) is 1. The van der Waals surface area contributed by atoms with Crippen LogP contribution in [0.25, 0.3) is 0 Å². The Labute approximate surface area is 76.0 Å². The van der Waals surface area contributed by atoms with Crippen LogP contribution >= 0.6 is 11.6 Å². The van der Waals surface area contributed by atoms with Crippen molar-refractivity contribution in [1.29, 1.82) is 0 Å². The fraction of sp³-hybridized carbons (Fsp3) is 0.125. The van der Waals surface area contributed by atoms with Crippen molar-refractivity contribution in [3.8, 4) is 0 Å². The number of nitrogens with two attached hydrogens (primary N) is 2. The maximum atomic E-state index is 5.71. The first-order valence-electron chi connectivity index (χ1n) is 3.44. The number of anilines is 1. The third-order valence-electron chi connectivity index (χ3n) is 1.53. The number of nitrogen functional groups attached to an aromatic ring is 1. The largest absolute Gasteiger partial charge is 0.383 e. The molecule has 1 aromatic rings. The molecule has 3 nitrogen and oxygen atoms in total. The van der Waals surface area contributed by atoms with E-state index in [0.717, 1.165) is 0 Å². The summed E-state index contributed by atoms with van der Waals surface area (Å²) >= 11 is 5.71. The van der Waals surface area contributed by atoms with Gasteiger partial charge in [-0.3, -0.25) is 0 Å². The average molecular weight is 184 g/mol. The molecule has 1 aromatic heterocycles. The van der Waals surface area contributed by atoms with Gasteiger partial charge < -0.3 is 11.5 Å². The Balaban J connectivity index is 3.12. The van der Waals surface area contributed by atoms with Gasteiger partial charge in [0.15, 0.2) is 0 Å². The minimum atomic E-state index is -0.309. The fourth-order valence-corrected chi connectivity index (χ4v) is 1.03. The van der Waals surface area contributed by atoms with E-state index in [4.69, 9.17) is 23.1 Å². The van der Waals surface area contributed by atoms with Crippen LogP contribution in [0.5, 0.6) is 0 Å². The van der Waals surface area contributed by atoms with Gasteiger partial charge in [-0.05, 0) is 6.07 Å². The standard InChI is InChI=1S/C8H10ClN3/c1-2-7(10)6-3-5(9)4-12-8(6)11/h2-4,7H,1,10H2,(H2,11,12)/t7-/m1/s1. The summed E-state index contributed by atoms with van der Waals surface area (Å²) in [6, 6.07) is 1.38. The molecule has 4 heteroatoms. The van der Waals surface area contributed by atoms with E-state index in [9.17, 15) is 0 Å². The molecule has 0 unspecified atom stereocenters. The molecule has 0 aliphatic heterocycles. The van der Waals surface area contributed by atoms with Crippen LogP contribution in [0.15, 0.2) is 24.9 Å². The highest BCUT2D eigenvalue weighted by Gasteiger charge is 2.06. The zero-order valence-corrected chi connectivity index (χ0v) is 7.25. The van der Waals surface area contributed by atoms with Gasteiger partial charge >= 0.3 is 0 Å². The van der Waals surface area contributed by atoms with E-state index in [-0.39, 0.29) is 6.04 Å². The van der Waals surface area contributed by atoms with E-state index >= 15 is 0 Å². The second kappa shape index (κ2) is 3.56. The maximum absolute atomic E-state index is 5.71. The first-order chi connectivity index (χ1) is 5.65. The van der Waals surface area contributed by atoms with Crippen LogP contribution in [0, 0.1) is 0 Å². The van der Waals surface area contributed by atoms with Crippen molar-refractivity contribution in [2.24, 2.45) is 5.73 Å². The van der Waals surface area contributed by atoms with Crippen LogP contribution in [0.1, 0.15) is 11.6 Å². The molecular weight excluding hydrogens is 174 g/mol. The quantitative estimate of drug-likeness (QED) is 0.683. The van der Waals surface area contributed by atoms with Crippen molar-refractivity contribution in [2.45, 2.75) is 6.04 Å². The molecule has 0 aliphatic rings. The highest BCUT2D eigenvalue weighted by molar-refractivity contribution is 6.30. The van der Waals surface area contributed by atoms with Gasteiger partial charge in [-0.1, -0.05) is 17.7 Å². The van der Waals surface area contributed by atoms with Crippen molar-refractivity contribution in [3.05, 3.63) is 35.5 Å². The predicted molar refractivity (Wildman–Crippen MR) is 50.8 cm³/mol. The van der Waals surface area contributed by atoms with E-state index in [2.05, 4.69) is 11.6 Å². The third kappa shape index (κ3) is 1.75. The number of halogens is 1. The Morgan fingerprint density at radius 3 is 2.92 bits per heavy atom. The molecule has 1 heterocycles. The summed E-state index contributed by atoms with van der Waals surface area (Å²) in [6.07, 6.45) is 3.07. The molecule has 0 aliphatic carbocycles. The van der Waals surface area contributed by atoms with Crippen molar-refractivity contribution in [1.82, 2.24) is 4.98 Å². The molecule has 0 radical (unpaired) electrons. The molecular formula is C8H10ClN3. The maximum Gasteiger partial charge on any atom is 0.128 e. The molecule has 0 saturated carbocycles. The number of hydrogen-bond donors (Lipinski definition) is 2. The molecule has 0 amide bonds. The minimum Gasteiger partial charge on any atom is -0.383 e. The Bertz CT molecular complexity index is 298. The summed E-state index contributed by atoms with van der Waals surface area (Å²) in [6.45, 7) is 3.56. The van der Waals surface area contributed by atoms with Gasteiger partial charge in [0.25, 0.3) is 0 Å². The summed E-state index contributed by atoms with van der Waals surface area (Å²) in [5, 5.41) is 0.525. The lowest BCUT2D eigenvalue weighted by Gasteiger charge is -2.08. The van der Waals surface area contributed by atoms with Gasteiger partial charge in [0.1, 0.15) is 5.82 Å². The Hall–Kier alpha value is -1.06. The summed E-state index contributed by atoms with van der Waals surface area (Å²) in [5.41, 5.74) is 11.9. The second-order valence-corrected chi connectivity index (χ2v) is 2.83. The highest BCUT2D eigenvalue weighted by Crippen LogP contribution is 2.20.